The fourth-order valence-electron chi connectivity index (χ4n) is 1.57. The lowest BCUT2D eigenvalue weighted by Gasteiger charge is -1.91. The molecule has 0 atom stereocenters. The van der Waals surface area contributed by atoms with Crippen LogP contribution >= 0.6 is 47.9 Å². The molecule has 22 heavy (non-hydrogen) atoms. The maximum absolute atomic E-state index is 5.16. The number of nitrogens with zero attached hydrogens (tertiary/aromatic N) is 2. The van der Waals surface area contributed by atoms with Gasteiger partial charge in [-0.15, -0.1) is 25.3 Å². The molecule has 0 aliphatic carbocycles. The lowest BCUT2D eigenvalue weighted by molar-refractivity contribution is 0.427. The van der Waals surface area contributed by atoms with Crippen LogP contribution in [0, 0.1) is 0 Å². The van der Waals surface area contributed by atoms with Crippen molar-refractivity contribution in [3.8, 4) is 10.1 Å². The molecule has 2 aromatic rings. The van der Waals surface area contributed by atoms with Gasteiger partial charge in [0.1, 0.15) is 0 Å². The Morgan fingerprint density at radius 2 is 1.32 bits per heavy atom. The van der Waals surface area contributed by atoms with E-state index in [2.05, 4.69) is 35.2 Å². The zero-order chi connectivity index (χ0) is 15.9. The Kier molecular flexibility index (Phi) is 6.81. The summed E-state index contributed by atoms with van der Waals surface area (Å²) in [6.45, 7) is 1.23. The van der Waals surface area contributed by atoms with Crippen LogP contribution in [0.5, 0.6) is 10.1 Å². The van der Waals surface area contributed by atoms with E-state index in [4.69, 9.17) is 9.47 Å². The molecule has 2 aromatic heterocycles. The number of hydrogen-bond acceptors (Lipinski definition) is 8. The molecule has 4 nitrogen and oxygen atoms in total. The van der Waals surface area contributed by atoms with E-state index in [0.717, 1.165) is 29.7 Å². The van der Waals surface area contributed by atoms with Crippen molar-refractivity contribution in [2.75, 3.05) is 27.3 Å². The van der Waals surface area contributed by atoms with Crippen molar-refractivity contribution >= 4 is 60.4 Å². The summed E-state index contributed by atoms with van der Waals surface area (Å²) in [7, 11) is 3.29. The van der Waals surface area contributed by atoms with Crippen LogP contribution < -0.4 is 9.47 Å². The number of thiol groups is 2. The van der Waals surface area contributed by atoms with Gasteiger partial charge in [-0.05, 0) is 0 Å². The van der Waals surface area contributed by atoms with Crippen molar-refractivity contribution in [1.82, 2.24) is 0 Å². The van der Waals surface area contributed by atoms with Gasteiger partial charge in [0.25, 0.3) is 0 Å². The molecule has 0 spiro atoms. The van der Waals surface area contributed by atoms with Gasteiger partial charge in [-0.1, -0.05) is 22.7 Å². The van der Waals surface area contributed by atoms with Gasteiger partial charge in [-0.25, -0.2) is 0 Å². The molecular weight excluding hydrogens is 356 g/mol. The molecule has 118 valence electrons. The average molecular weight is 373 g/mol. The first-order valence-corrected chi connectivity index (χ1v) is 8.90. The van der Waals surface area contributed by atoms with Gasteiger partial charge in [0.2, 0.25) is 0 Å². The summed E-state index contributed by atoms with van der Waals surface area (Å²) in [5.41, 5.74) is 1.93. The largest absolute Gasteiger partial charge is 0.487 e. The van der Waals surface area contributed by atoms with Crippen LogP contribution in [0.1, 0.15) is 11.1 Å². The molecule has 0 aromatic carbocycles. The lowest BCUT2D eigenvalue weighted by atomic mass is 10.3. The van der Waals surface area contributed by atoms with Crippen molar-refractivity contribution in [3.63, 3.8) is 0 Å². The SMILES string of the molecule is COc1cc(C=NCCN=Cc2cc(OC)sc2S)c(S)s1. The van der Waals surface area contributed by atoms with Gasteiger partial charge in [0.05, 0.1) is 35.7 Å². The summed E-state index contributed by atoms with van der Waals surface area (Å²) in [5.74, 6) is 0. The van der Waals surface area contributed by atoms with Gasteiger partial charge < -0.3 is 9.47 Å². The minimum atomic E-state index is 0.616. The van der Waals surface area contributed by atoms with Crippen molar-refractivity contribution in [2.24, 2.45) is 9.98 Å². The molecule has 8 heteroatoms. The van der Waals surface area contributed by atoms with E-state index >= 15 is 0 Å². The summed E-state index contributed by atoms with van der Waals surface area (Å²) in [6, 6.07) is 3.84. The summed E-state index contributed by atoms with van der Waals surface area (Å²) in [5, 5.41) is 1.66. The average Bonchev–Trinajstić information content (AvgIpc) is 3.05. The zero-order valence-corrected chi connectivity index (χ0v) is 15.6. The second-order valence-electron chi connectivity index (χ2n) is 4.13. The van der Waals surface area contributed by atoms with Crippen molar-refractivity contribution in [1.29, 1.82) is 0 Å². The molecule has 0 aliphatic heterocycles. The van der Waals surface area contributed by atoms with Gasteiger partial charge in [-0.3, -0.25) is 9.98 Å². The van der Waals surface area contributed by atoms with Crippen molar-refractivity contribution in [2.45, 2.75) is 8.42 Å². The number of ether oxygens (including phenoxy) is 2. The number of hydrogen-bond donors (Lipinski definition) is 2. The monoisotopic (exact) mass is 372 g/mol. The van der Waals surface area contributed by atoms with Crippen LogP contribution in [0.15, 0.2) is 30.5 Å². The van der Waals surface area contributed by atoms with Gasteiger partial charge in [0.15, 0.2) is 10.1 Å². The molecule has 2 rings (SSSR count). The fraction of sp³-hybridized carbons (Fsp3) is 0.286. The molecule has 0 fully saturated rings. The first-order valence-electron chi connectivity index (χ1n) is 6.37. The fourth-order valence-corrected chi connectivity index (χ4v) is 3.74. The Labute approximate surface area is 148 Å². The highest BCUT2D eigenvalue weighted by Gasteiger charge is 2.04. The third-order valence-corrected chi connectivity index (χ3v) is 5.55. The quantitative estimate of drug-likeness (QED) is 0.439. The third kappa shape index (κ3) is 4.77. The Morgan fingerprint density at radius 1 is 0.909 bits per heavy atom. The van der Waals surface area contributed by atoms with Crippen molar-refractivity contribution < 1.29 is 9.47 Å². The van der Waals surface area contributed by atoms with Crippen molar-refractivity contribution in [3.05, 3.63) is 23.3 Å². The summed E-state index contributed by atoms with van der Waals surface area (Å²) in [4.78, 5) is 8.69. The van der Waals surface area contributed by atoms with Gasteiger partial charge >= 0.3 is 0 Å². The number of aliphatic imine (C=N–C) groups is 2. The van der Waals surface area contributed by atoms with E-state index in [1.807, 2.05) is 12.1 Å². The first-order chi connectivity index (χ1) is 10.6. The first kappa shape index (κ1) is 17.4. The maximum Gasteiger partial charge on any atom is 0.175 e. The molecule has 0 N–H and O–H groups in total. The van der Waals surface area contributed by atoms with E-state index in [1.54, 1.807) is 26.6 Å². The van der Waals surface area contributed by atoms with E-state index < -0.39 is 0 Å². The standard InChI is InChI=1S/C14H16N2O2S4/c1-17-11-5-9(13(19)21-11)7-15-3-4-16-8-10-6-12(18-2)22-14(10)20/h5-8,19-20H,3-4H2,1-2H3. The number of methoxy groups -OCH3 is 2. The molecule has 0 amide bonds. The summed E-state index contributed by atoms with van der Waals surface area (Å²) >= 11 is 11.7. The number of rotatable bonds is 7. The molecule has 0 saturated carbocycles. The molecule has 0 bridgehead atoms. The Bertz CT molecular complexity index is 618. The predicted octanol–water partition coefficient (Wildman–Crippen LogP) is 3.94. The molecular formula is C14H16N2O2S4. The van der Waals surface area contributed by atoms with Crippen LogP contribution in [0.3, 0.4) is 0 Å². The molecule has 0 radical (unpaired) electrons. The highest BCUT2D eigenvalue weighted by molar-refractivity contribution is 7.83. The van der Waals surface area contributed by atoms with E-state index in [1.165, 1.54) is 22.7 Å². The Morgan fingerprint density at radius 3 is 1.64 bits per heavy atom. The Hall–Kier alpha value is -0.960. The lowest BCUT2D eigenvalue weighted by Crippen LogP contribution is -1.90. The molecule has 0 saturated heterocycles. The summed E-state index contributed by atoms with van der Waals surface area (Å²) < 4.78 is 12.1. The van der Waals surface area contributed by atoms with Crippen LogP contribution in [0.4, 0.5) is 0 Å². The van der Waals surface area contributed by atoms with Crippen LogP contribution in [0.25, 0.3) is 0 Å². The minimum Gasteiger partial charge on any atom is -0.487 e. The molecule has 0 aliphatic rings. The molecule has 0 unspecified atom stereocenters. The van der Waals surface area contributed by atoms with E-state index in [-0.39, 0.29) is 0 Å². The third-order valence-electron chi connectivity index (χ3n) is 2.66. The highest BCUT2D eigenvalue weighted by atomic mass is 32.2. The number of thiophene rings is 2. The van der Waals surface area contributed by atoms with Crippen LogP contribution in [-0.2, 0) is 0 Å². The smallest absolute Gasteiger partial charge is 0.175 e. The normalized spacial score (nSPS) is 11.6. The molecule has 2 heterocycles. The second kappa shape index (κ2) is 8.61. The van der Waals surface area contributed by atoms with Gasteiger partial charge in [0, 0.05) is 35.7 Å². The Balaban J connectivity index is 1.83. The van der Waals surface area contributed by atoms with E-state index in [9.17, 15) is 0 Å². The van der Waals surface area contributed by atoms with E-state index in [0.29, 0.717) is 13.1 Å². The zero-order valence-electron chi connectivity index (χ0n) is 12.1. The predicted molar refractivity (Wildman–Crippen MR) is 101 cm³/mol. The van der Waals surface area contributed by atoms with Crippen LogP contribution in [-0.4, -0.2) is 39.7 Å². The van der Waals surface area contributed by atoms with Crippen LogP contribution in [0.2, 0.25) is 0 Å². The topological polar surface area (TPSA) is 43.2 Å². The van der Waals surface area contributed by atoms with Gasteiger partial charge in [-0.2, -0.15) is 0 Å². The second-order valence-corrected chi connectivity index (χ2v) is 7.66. The maximum atomic E-state index is 5.16. The minimum absolute atomic E-state index is 0.616. The highest BCUT2D eigenvalue weighted by Crippen LogP contribution is 2.31. The summed E-state index contributed by atoms with van der Waals surface area (Å²) in [6.07, 6.45) is 3.60.